The number of hydrogen-bond donors (Lipinski definition) is 1. The van der Waals surface area contributed by atoms with Gasteiger partial charge in [-0.2, -0.15) is 5.26 Å². The van der Waals surface area contributed by atoms with E-state index in [1.54, 1.807) is 4.90 Å². The molecule has 2 N–H and O–H groups in total. The van der Waals surface area contributed by atoms with Crippen molar-refractivity contribution in [2.75, 3.05) is 6.54 Å². The maximum absolute atomic E-state index is 11.1. The molecule has 1 rings (SSSR count). The zero-order valence-electron chi connectivity index (χ0n) is 6.29. The number of carbonyl (C=O) groups excluding carboxylic acids is 1. The molecule has 0 bridgehead atoms. The third-order valence-electron chi connectivity index (χ3n) is 1.85. The first-order chi connectivity index (χ1) is 5.25. The van der Waals surface area contributed by atoms with Gasteiger partial charge in [0, 0.05) is 6.54 Å². The van der Waals surface area contributed by atoms with Crippen LogP contribution in [0.2, 0.25) is 0 Å². The molecule has 0 radical (unpaired) electrons. The number of amides is 1. The van der Waals surface area contributed by atoms with Gasteiger partial charge in [-0.1, -0.05) is 0 Å². The molecule has 0 aromatic rings. The van der Waals surface area contributed by atoms with Gasteiger partial charge in [0.15, 0.2) is 0 Å². The van der Waals surface area contributed by atoms with Crippen LogP contribution in [0.3, 0.4) is 0 Å². The van der Waals surface area contributed by atoms with Crippen LogP contribution in [-0.4, -0.2) is 23.5 Å². The van der Waals surface area contributed by atoms with E-state index in [9.17, 15) is 4.79 Å². The van der Waals surface area contributed by atoms with Crippen molar-refractivity contribution in [1.29, 1.82) is 5.26 Å². The SMILES string of the molecule is N#CCC(=O)N1CCCC1N. The number of rotatable bonds is 1. The Balaban J connectivity index is 2.47. The summed E-state index contributed by atoms with van der Waals surface area (Å²) < 4.78 is 0. The zero-order valence-corrected chi connectivity index (χ0v) is 6.29. The first-order valence-corrected chi connectivity index (χ1v) is 3.67. The molecule has 1 saturated heterocycles. The Bertz CT molecular complexity index is 196. The van der Waals surface area contributed by atoms with E-state index in [1.807, 2.05) is 6.07 Å². The van der Waals surface area contributed by atoms with Gasteiger partial charge < -0.3 is 10.6 Å². The molecule has 0 saturated carbocycles. The summed E-state index contributed by atoms with van der Waals surface area (Å²) in [6, 6.07) is 1.82. The van der Waals surface area contributed by atoms with Gasteiger partial charge in [0.1, 0.15) is 6.42 Å². The van der Waals surface area contributed by atoms with Crippen LogP contribution in [0, 0.1) is 11.3 Å². The number of nitrogens with two attached hydrogens (primary N) is 1. The van der Waals surface area contributed by atoms with Crippen molar-refractivity contribution in [2.24, 2.45) is 5.73 Å². The second kappa shape index (κ2) is 3.35. The lowest BCUT2D eigenvalue weighted by atomic mass is 10.3. The maximum Gasteiger partial charge on any atom is 0.238 e. The van der Waals surface area contributed by atoms with Crippen molar-refractivity contribution >= 4 is 5.91 Å². The van der Waals surface area contributed by atoms with Gasteiger partial charge in [0.2, 0.25) is 5.91 Å². The second-order valence-electron chi connectivity index (χ2n) is 2.63. The van der Waals surface area contributed by atoms with Gasteiger partial charge in [0.05, 0.1) is 12.2 Å². The number of nitriles is 1. The van der Waals surface area contributed by atoms with E-state index < -0.39 is 0 Å². The smallest absolute Gasteiger partial charge is 0.238 e. The molecule has 60 valence electrons. The van der Waals surface area contributed by atoms with Crippen LogP contribution in [0.1, 0.15) is 19.3 Å². The van der Waals surface area contributed by atoms with E-state index in [-0.39, 0.29) is 18.5 Å². The first-order valence-electron chi connectivity index (χ1n) is 3.67. The highest BCUT2D eigenvalue weighted by molar-refractivity contribution is 5.78. The molecule has 1 heterocycles. The molecule has 0 aromatic heterocycles. The second-order valence-corrected chi connectivity index (χ2v) is 2.63. The summed E-state index contributed by atoms with van der Waals surface area (Å²) in [6.07, 6.45) is 1.61. The van der Waals surface area contributed by atoms with E-state index in [0.717, 1.165) is 12.8 Å². The van der Waals surface area contributed by atoms with Gasteiger partial charge in [-0.3, -0.25) is 4.79 Å². The van der Waals surface area contributed by atoms with Crippen molar-refractivity contribution in [3.05, 3.63) is 0 Å². The van der Waals surface area contributed by atoms with Gasteiger partial charge in [-0.25, -0.2) is 0 Å². The maximum atomic E-state index is 11.1. The Labute approximate surface area is 65.6 Å². The molecule has 1 amide bonds. The minimum atomic E-state index is -0.157. The normalized spacial score (nSPS) is 23.3. The molecule has 1 fully saturated rings. The largest absolute Gasteiger partial charge is 0.326 e. The summed E-state index contributed by atoms with van der Waals surface area (Å²) >= 11 is 0. The number of nitrogens with zero attached hydrogens (tertiary/aromatic N) is 2. The minimum Gasteiger partial charge on any atom is -0.326 e. The minimum absolute atomic E-state index is 0.0479. The van der Waals surface area contributed by atoms with Crippen LogP contribution >= 0.6 is 0 Å². The highest BCUT2D eigenvalue weighted by Gasteiger charge is 2.24. The molecule has 4 heteroatoms. The van der Waals surface area contributed by atoms with E-state index in [2.05, 4.69) is 0 Å². The van der Waals surface area contributed by atoms with Crippen LogP contribution < -0.4 is 5.73 Å². The molecule has 4 nitrogen and oxygen atoms in total. The summed E-state index contributed by atoms with van der Waals surface area (Å²) in [5.41, 5.74) is 5.61. The highest BCUT2D eigenvalue weighted by atomic mass is 16.2. The lowest BCUT2D eigenvalue weighted by Gasteiger charge is -2.19. The summed E-state index contributed by atoms with van der Waals surface area (Å²) in [5.74, 6) is -0.141. The summed E-state index contributed by atoms with van der Waals surface area (Å²) in [6.45, 7) is 0.710. The molecule has 0 aromatic carbocycles. The molecular weight excluding hydrogens is 142 g/mol. The van der Waals surface area contributed by atoms with Crippen molar-refractivity contribution < 1.29 is 4.79 Å². The van der Waals surface area contributed by atoms with Gasteiger partial charge in [-0.15, -0.1) is 0 Å². The standard InChI is InChI=1S/C7H11N3O/c8-4-3-7(11)10-5-1-2-6(10)9/h6H,1-3,5,9H2. The monoisotopic (exact) mass is 153 g/mol. The topological polar surface area (TPSA) is 70.1 Å². The molecule has 1 aliphatic heterocycles. The molecule has 0 aliphatic carbocycles. The fraction of sp³-hybridized carbons (Fsp3) is 0.714. The Morgan fingerprint density at radius 1 is 1.82 bits per heavy atom. The van der Waals surface area contributed by atoms with Crippen LogP contribution in [0.25, 0.3) is 0 Å². The van der Waals surface area contributed by atoms with Gasteiger partial charge in [0.25, 0.3) is 0 Å². The first kappa shape index (κ1) is 8.02. The Morgan fingerprint density at radius 3 is 3.00 bits per heavy atom. The fourth-order valence-corrected chi connectivity index (χ4v) is 1.27. The van der Waals surface area contributed by atoms with Crippen LogP contribution in [0.4, 0.5) is 0 Å². The van der Waals surface area contributed by atoms with E-state index in [1.165, 1.54) is 0 Å². The van der Waals surface area contributed by atoms with Gasteiger partial charge >= 0.3 is 0 Å². The average molecular weight is 153 g/mol. The molecule has 1 unspecified atom stereocenters. The molecule has 1 atom stereocenters. The predicted octanol–water partition coefficient (Wildman–Crippen LogP) is -0.193. The summed E-state index contributed by atoms with van der Waals surface area (Å²) in [5, 5.41) is 8.24. The third kappa shape index (κ3) is 1.69. The highest BCUT2D eigenvalue weighted by Crippen LogP contribution is 2.13. The van der Waals surface area contributed by atoms with Crippen LogP contribution in [-0.2, 0) is 4.79 Å². The number of hydrogen-bond acceptors (Lipinski definition) is 3. The Kier molecular flexibility index (Phi) is 2.44. The third-order valence-corrected chi connectivity index (χ3v) is 1.85. The summed E-state index contributed by atoms with van der Waals surface area (Å²) in [4.78, 5) is 12.7. The Hall–Kier alpha value is -1.08. The van der Waals surface area contributed by atoms with Crippen molar-refractivity contribution in [1.82, 2.24) is 4.90 Å². The van der Waals surface area contributed by atoms with Crippen molar-refractivity contribution in [3.63, 3.8) is 0 Å². The molecular formula is C7H11N3O. The predicted molar refractivity (Wildman–Crippen MR) is 39.2 cm³/mol. The zero-order chi connectivity index (χ0) is 8.27. The number of carbonyl (C=O) groups is 1. The van der Waals surface area contributed by atoms with Crippen LogP contribution in [0.15, 0.2) is 0 Å². The number of likely N-dealkylation sites (tertiary alicyclic amines) is 1. The summed E-state index contributed by atoms with van der Waals surface area (Å²) in [7, 11) is 0. The molecule has 1 aliphatic rings. The van der Waals surface area contributed by atoms with E-state index in [4.69, 9.17) is 11.0 Å². The molecule has 0 spiro atoms. The van der Waals surface area contributed by atoms with E-state index in [0.29, 0.717) is 6.54 Å². The van der Waals surface area contributed by atoms with E-state index >= 15 is 0 Å². The van der Waals surface area contributed by atoms with Crippen molar-refractivity contribution in [3.8, 4) is 6.07 Å². The van der Waals surface area contributed by atoms with Crippen molar-refractivity contribution in [2.45, 2.75) is 25.4 Å². The average Bonchev–Trinajstić information content (AvgIpc) is 2.36. The quantitative estimate of drug-likeness (QED) is 0.567. The Morgan fingerprint density at radius 2 is 2.55 bits per heavy atom. The lowest BCUT2D eigenvalue weighted by Crippen LogP contribution is -2.40. The molecule has 11 heavy (non-hydrogen) atoms. The van der Waals surface area contributed by atoms with Gasteiger partial charge in [-0.05, 0) is 12.8 Å². The lowest BCUT2D eigenvalue weighted by molar-refractivity contribution is -0.130. The van der Waals surface area contributed by atoms with Crippen LogP contribution in [0.5, 0.6) is 0 Å². The fourth-order valence-electron chi connectivity index (χ4n) is 1.27.